The Morgan fingerprint density at radius 3 is 1.54 bits per heavy atom. The molecule has 0 fully saturated rings. The minimum absolute atomic E-state index is 0.730. The molecule has 4 nitrogen and oxygen atoms in total. The van der Waals surface area contributed by atoms with Crippen LogP contribution >= 0.6 is 0 Å². The highest BCUT2D eigenvalue weighted by Crippen LogP contribution is 2.22. The zero-order valence-electron chi connectivity index (χ0n) is 18.4. The van der Waals surface area contributed by atoms with Crippen molar-refractivity contribution in [3.63, 3.8) is 0 Å². The molecule has 0 saturated carbocycles. The summed E-state index contributed by atoms with van der Waals surface area (Å²) in [6.45, 7) is 13.1. The van der Waals surface area contributed by atoms with Gasteiger partial charge in [-0.2, -0.15) is 0 Å². The maximum Gasteiger partial charge on any atom is 0.0205 e. The summed E-state index contributed by atoms with van der Waals surface area (Å²) in [7, 11) is 0. The molecule has 0 aromatic heterocycles. The Morgan fingerprint density at radius 2 is 1.11 bits per heavy atom. The Morgan fingerprint density at radius 1 is 0.643 bits per heavy atom. The van der Waals surface area contributed by atoms with E-state index in [4.69, 9.17) is 11.5 Å². The van der Waals surface area contributed by atoms with Crippen molar-refractivity contribution in [2.24, 2.45) is 11.5 Å². The molecule has 0 aliphatic carbocycles. The molecule has 6 N–H and O–H groups in total. The van der Waals surface area contributed by atoms with Crippen LogP contribution in [0.1, 0.15) is 51.7 Å². The second-order valence-electron chi connectivity index (χ2n) is 6.04. The lowest BCUT2D eigenvalue weighted by atomic mass is 9.99. The van der Waals surface area contributed by atoms with Crippen molar-refractivity contribution in [3.8, 4) is 11.1 Å². The van der Waals surface area contributed by atoms with Crippen LogP contribution in [0.15, 0.2) is 48.5 Å². The van der Waals surface area contributed by atoms with Crippen molar-refractivity contribution in [2.45, 2.75) is 53.6 Å². The highest BCUT2D eigenvalue weighted by molar-refractivity contribution is 5.65. The fraction of sp³-hybridized carbons (Fsp3) is 0.500. The third-order valence-corrected chi connectivity index (χ3v) is 3.93. The molecule has 2 aromatic carbocycles. The molecule has 0 aliphatic heterocycles. The van der Waals surface area contributed by atoms with Crippen LogP contribution in [0.2, 0.25) is 0 Å². The normalized spacial score (nSPS) is 9.79. The van der Waals surface area contributed by atoms with E-state index in [1.54, 1.807) is 0 Å². The van der Waals surface area contributed by atoms with E-state index < -0.39 is 0 Å². The summed E-state index contributed by atoms with van der Waals surface area (Å²) in [5.74, 6) is 0. The van der Waals surface area contributed by atoms with Gasteiger partial charge in [0.2, 0.25) is 0 Å². The molecule has 158 valence electrons. The van der Waals surface area contributed by atoms with Crippen LogP contribution in [0, 0.1) is 0 Å². The van der Waals surface area contributed by atoms with Gasteiger partial charge in [0.1, 0.15) is 0 Å². The Balaban J connectivity index is 0.00000171. The van der Waals surface area contributed by atoms with Crippen molar-refractivity contribution in [1.82, 2.24) is 10.6 Å². The second kappa shape index (κ2) is 18.6. The number of hydrogen-bond donors (Lipinski definition) is 4. The lowest BCUT2D eigenvalue weighted by molar-refractivity contribution is 0.647. The SMILES string of the molecule is CC.CC.NCCCNCc1cc(CNCCCN)cc(-c2ccccc2)c1. The van der Waals surface area contributed by atoms with Gasteiger partial charge in [-0.15, -0.1) is 0 Å². The molecule has 0 heterocycles. The molecule has 2 aromatic rings. The summed E-state index contributed by atoms with van der Waals surface area (Å²) in [4.78, 5) is 0. The number of hydrogen-bond acceptors (Lipinski definition) is 4. The molecule has 0 aliphatic rings. The predicted octanol–water partition coefficient (Wildman–Crippen LogP) is 4.28. The van der Waals surface area contributed by atoms with Crippen molar-refractivity contribution >= 4 is 0 Å². The molecule has 0 radical (unpaired) electrons. The van der Waals surface area contributed by atoms with Crippen LogP contribution in [-0.4, -0.2) is 26.2 Å². The van der Waals surface area contributed by atoms with Crippen LogP contribution in [0.4, 0.5) is 0 Å². The quantitative estimate of drug-likeness (QED) is 0.435. The Bertz CT molecular complexity index is 554. The molecular weight excluding hydrogens is 344 g/mol. The van der Waals surface area contributed by atoms with Gasteiger partial charge in [0.05, 0.1) is 0 Å². The average molecular weight is 387 g/mol. The monoisotopic (exact) mass is 386 g/mol. The fourth-order valence-corrected chi connectivity index (χ4v) is 2.68. The number of benzene rings is 2. The Labute approximate surface area is 173 Å². The molecule has 0 spiro atoms. The fourth-order valence-electron chi connectivity index (χ4n) is 2.68. The smallest absolute Gasteiger partial charge is 0.0205 e. The molecule has 28 heavy (non-hydrogen) atoms. The van der Waals surface area contributed by atoms with Gasteiger partial charge < -0.3 is 22.1 Å². The highest BCUT2D eigenvalue weighted by Gasteiger charge is 2.04. The third kappa shape index (κ3) is 11.2. The standard InChI is InChI=1S/C20H30N4.2C2H6/c21-8-4-10-23-15-17-12-18(16-24-11-5-9-22)14-20(13-17)19-6-2-1-3-7-19;2*1-2/h1-3,6-7,12-14,23-24H,4-5,8-11,15-16,21-22H2;2*1-2H3. The second-order valence-corrected chi connectivity index (χ2v) is 6.04. The molecule has 0 saturated heterocycles. The summed E-state index contributed by atoms with van der Waals surface area (Å²) in [6, 6.07) is 17.4. The first-order valence-electron chi connectivity index (χ1n) is 10.8. The topological polar surface area (TPSA) is 76.1 Å². The van der Waals surface area contributed by atoms with Gasteiger partial charge in [-0.25, -0.2) is 0 Å². The van der Waals surface area contributed by atoms with Gasteiger partial charge in [-0.05, 0) is 73.4 Å². The van der Waals surface area contributed by atoms with Crippen LogP contribution in [0.5, 0.6) is 0 Å². The van der Waals surface area contributed by atoms with Crippen molar-refractivity contribution in [2.75, 3.05) is 26.2 Å². The Kier molecular flexibility index (Phi) is 17.5. The summed E-state index contributed by atoms with van der Waals surface area (Å²) >= 11 is 0. The van der Waals surface area contributed by atoms with E-state index in [1.807, 2.05) is 27.7 Å². The van der Waals surface area contributed by atoms with Gasteiger partial charge in [0.15, 0.2) is 0 Å². The van der Waals surface area contributed by atoms with Crippen molar-refractivity contribution in [1.29, 1.82) is 0 Å². The maximum atomic E-state index is 5.55. The van der Waals surface area contributed by atoms with E-state index in [-0.39, 0.29) is 0 Å². The first-order valence-corrected chi connectivity index (χ1v) is 10.8. The maximum absolute atomic E-state index is 5.55. The molecule has 0 bridgehead atoms. The van der Waals surface area contributed by atoms with E-state index in [0.717, 1.165) is 52.1 Å². The predicted molar refractivity (Wildman–Crippen MR) is 125 cm³/mol. The van der Waals surface area contributed by atoms with Gasteiger partial charge in [0.25, 0.3) is 0 Å². The lowest BCUT2D eigenvalue weighted by Gasteiger charge is -2.12. The number of nitrogens with two attached hydrogens (primary N) is 2. The van der Waals surface area contributed by atoms with E-state index >= 15 is 0 Å². The first kappa shape index (κ1) is 26.3. The zero-order valence-corrected chi connectivity index (χ0v) is 18.4. The molecule has 0 unspecified atom stereocenters. The molecular formula is C24H42N4. The third-order valence-electron chi connectivity index (χ3n) is 3.93. The Hall–Kier alpha value is -1.72. The van der Waals surface area contributed by atoms with Gasteiger partial charge in [-0.1, -0.05) is 64.1 Å². The molecule has 2 rings (SSSR count). The highest BCUT2D eigenvalue weighted by atomic mass is 14.9. The van der Waals surface area contributed by atoms with Crippen LogP contribution in [0.25, 0.3) is 11.1 Å². The minimum atomic E-state index is 0.730. The number of nitrogens with one attached hydrogen (secondary N) is 2. The summed E-state index contributed by atoms with van der Waals surface area (Å²) in [5, 5.41) is 6.94. The van der Waals surface area contributed by atoms with Crippen LogP contribution < -0.4 is 22.1 Å². The van der Waals surface area contributed by atoms with Gasteiger partial charge in [0, 0.05) is 13.1 Å². The largest absolute Gasteiger partial charge is 0.330 e. The van der Waals surface area contributed by atoms with Crippen LogP contribution in [0.3, 0.4) is 0 Å². The van der Waals surface area contributed by atoms with E-state index in [9.17, 15) is 0 Å². The minimum Gasteiger partial charge on any atom is -0.330 e. The average Bonchev–Trinajstić information content (AvgIpc) is 2.78. The lowest BCUT2D eigenvalue weighted by Crippen LogP contribution is -2.19. The van der Waals surface area contributed by atoms with E-state index in [1.165, 1.54) is 22.3 Å². The van der Waals surface area contributed by atoms with E-state index in [0.29, 0.717) is 0 Å². The van der Waals surface area contributed by atoms with E-state index in [2.05, 4.69) is 59.2 Å². The zero-order chi connectivity index (χ0) is 21.0. The van der Waals surface area contributed by atoms with Crippen molar-refractivity contribution < 1.29 is 0 Å². The number of rotatable bonds is 11. The van der Waals surface area contributed by atoms with Gasteiger partial charge in [-0.3, -0.25) is 0 Å². The summed E-state index contributed by atoms with van der Waals surface area (Å²) in [5.41, 5.74) is 16.2. The first-order chi connectivity index (χ1) is 13.8. The van der Waals surface area contributed by atoms with Gasteiger partial charge >= 0.3 is 0 Å². The molecule has 4 heteroatoms. The molecule has 0 amide bonds. The van der Waals surface area contributed by atoms with Crippen LogP contribution in [-0.2, 0) is 13.1 Å². The summed E-state index contributed by atoms with van der Waals surface area (Å²) < 4.78 is 0. The van der Waals surface area contributed by atoms with Crippen molar-refractivity contribution in [3.05, 3.63) is 59.7 Å². The molecule has 0 atom stereocenters. The summed E-state index contributed by atoms with van der Waals surface area (Å²) in [6.07, 6.45) is 2.01.